The van der Waals surface area contributed by atoms with Crippen molar-refractivity contribution in [3.05, 3.63) is 192 Å². The Morgan fingerprint density at radius 1 is 0.265 bits per heavy atom. The first-order valence-electron chi connectivity index (χ1n) is 51.0. The number of carboxylic acids is 4. The third kappa shape index (κ3) is 38.8. The zero-order chi connectivity index (χ0) is 94.7. The van der Waals surface area contributed by atoms with Gasteiger partial charge in [0, 0.05) is 78.5 Å². The van der Waals surface area contributed by atoms with E-state index in [1.54, 1.807) is 48.5 Å². The summed E-state index contributed by atoms with van der Waals surface area (Å²) in [5.41, 5.74) is 7.50. The number of hydrogen-bond acceptors (Lipinski definition) is 16. The average Bonchev–Trinajstić information content (AvgIpc) is 0.889. The average molecular weight is 1810 g/mol. The summed E-state index contributed by atoms with van der Waals surface area (Å²) in [6.07, 6.45) is 44.9. The molecular weight excluding hydrogens is 1650 g/mol. The van der Waals surface area contributed by atoms with E-state index in [9.17, 15) is 39.6 Å². The van der Waals surface area contributed by atoms with Gasteiger partial charge < -0.3 is 80.2 Å². The second-order valence-corrected chi connectivity index (χ2v) is 35.5. The van der Waals surface area contributed by atoms with Crippen LogP contribution < -0.4 is 59.8 Å². The molecule has 12 rings (SSSR count). The molecule has 4 saturated carbocycles. The maximum atomic E-state index is 12.0. The number of carboxylic acid groups (broad SMARTS) is 4. The third-order valence-electron chi connectivity index (χ3n) is 24.6. The van der Waals surface area contributed by atoms with E-state index in [2.05, 4.69) is 96.3 Å². The van der Waals surface area contributed by atoms with E-state index in [0.29, 0.717) is 58.9 Å². The van der Waals surface area contributed by atoms with Crippen LogP contribution in [-0.2, 0) is 0 Å². The van der Waals surface area contributed by atoms with Crippen LogP contribution >= 0.6 is 0 Å². The van der Waals surface area contributed by atoms with Gasteiger partial charge in [-0.1, -0.05) is 282 Å². The number of benzene rings is 8. The van der Waals surface area contributed by atoms with E-state index in [1.807, 2.05) is 135 Å². The first-order chi connectivity index (χ1) is 64.4. The van der Waals surface area contributed by atoms with Crippen LogP contribution in [0.3, 0.4) is 0 Å². The van der Waals surface area contributed by atoms with Gasteiger partial charge in [0.05, 0.1) is 67.8 Å². The number of aromatic carboxylic acids is 4. The highest BCUT2D eigenvalue weighted by Crippen LogP contribution is 2.47. The summed E-state index contributed by atoms with van der Waals surface area (Å²) in [5.74, 6) is 3.38. The Morgan fingerprint density at radius 3 is 0.629 bits per heavy atom. The molecular formula is C112H164N8O12. The van der Waals surface area contributed by atoms with Gasteiger partial charge in [-0.15, -0.1) is 0 Å². The van der Waals surface area contributed by atoms with Gasteiger partial charge in [-0.3, -0.25) is 0 Å². The number of carbonyl (C=O) groups is 4. The standard InChI is InChI=1S/C28H40N2O3.C27H38N2O3.2C23H32N2O3.C6H12.C5H10/c1-3-5-17-30(18-6-4-2)26-20-23(28(31)32)19-25(29-21-22-13-9-7-10-14-22)27(26)33-24-15-11-8-12-16-24;1-3-5-16-29(17-6-4-2)25-19-22(27(30)31)18-24(28-20-21-12-10-11-13-21)26(25)32-23-14-8-7-9-15-23;2*1-4-7-14-25(15-8-5-2)21-17-18(23(26)27)16-20(24-6-3)22(21)28-19-12-10-9-11-13-19;1-2-4-6-5-3-1;1-2-4-5-3-1/h8,11-12,15-16,19-20,22,29H,3-7,9-10,13-14,17-18,21H2,1-2H3,(H,31,32);7-9,14-15,18-19,21,28H,3-6,10-13,16-17,20H2,1-2H3,(H,30,31);2*9-13,16-17,24H,4-8,14-15H2,1-3H3,(H,26,27);1-6H2;1-5H2. The lowest BCUT2D eigenvalue weighted by Gasteiger charge is -2.29. The normalized spacial score (nSPS) is 13.3. The molecule has 0 amide bonds. The minimum absolute atomic E-state index is 0.268. The first-order valence-corrected chi connectivity index (χ1v) is 51.0. The zero-order valence-electron chi connectivity index (χ0n) is 82.1. The summed E-state index contributed by atoms with van der Waals surface area (Å²) in [6.45, 7) is 31.4. The van der Waals surface area contributed by atoms with Crippen molar-refractivity contribution in [2.75, 3.05) is 119 Å². The molecule has 20 heteroatoms. The van der Waals surface area contributed by atoms with Crippen LogP contribution in [0.4, 0.5) is 45.5 Å². The molecule has 0 atom stereocenters. The number of para-hydroxylation sites is 4. The van der Waals surface area contributed by atoms with Gasteiger partial charge >= 0.3 is 23.9 Å². The molecule has 0 radical (unpaired) electrons. The van der Waals surface area contributed by atoms with Gasteiger partial charge in [-0.25, -0.2) is 19.2 Å². The van der Waals surface area contributed by atoms with Gasteiger partial charge in [0.1, 0.15) is 23.0 Å². The van der Waals surface area contributed by atoms with E-state index in [0.717, 1.165) is 237 Å². The minimum Gasteiger partial charge on any atom is -0.478 e. The summed E-state index contributed by atoms with van der Waals surface area (Å²) in [7, 11) is 0. The summed E-state index contributed by atoms with van der Waals surface area (Å²) < 4.78 is 25.4. The van der Waals surface area contributed by atoms with Crippen molar-refractivity contribution in [2.45, 2.75) is 300 Å². The van der Waals surface area contributed by atoms with Crippen molar-refractivity contribution >= 4 is 69.4 Å². The lowest BCUT2D eigenvalue weighted by molar-refractivity contribution is 0.0686. The highest BCUT2D eigenvalue weighted by molar-refractivity contribution is 5.96. The molecule has 8 aromatic carbocycles. The molecule has 4 aliphatic carbocycles. The van der Waals surface area contributed by atoms with Gasteiger partial charge in [0.15, 0.2) is 23.0 Å². The molecule has 0 saturated heterocycles. The predicted molar refractivity (Wildman–Crippen MR) is 552 cm³/mol. The van der Waals surface area contributed by atoms with Crippen molar-refractivity contribution in [3.63, 3.8) is 0 Å². The topological polar surface area (TPSA) is 247 Å². The number of nitrogens with one attached hydrogen (secondary N) is 4. The molecule has 132 heavy (non-hydrogen) atoms. The minimum atomic E-state index is -0.933. The van der Waals surface area contributed by atoms with Crippen LogP contribution in [0.2, 0.25) is 0 Å². The lowest BCUT2D eigenvalue weighted by atomic mass is 9.89. The number of anilines is 8. The largest absolute Gasteiger partial charge is 0.478 e. The first kappa shape index (κ1) is 108. The number of rotatable bonds is 50. The molecule has 0 aliphatic heterocycles. The van der Waals surface area contributed by atoms with E-state index >= 15 is 0 Å². The van der Waals surface area contributed by atoms with Gasteiger partial charge in [-0.05, 0) is 200 Å². The lowest BCUT2D eigenvalue weighted by Crippen LogP contribution is -2.27. The van der Waals surface area contributed by atoms with Crippen molar-refractivity contribution in [1.82, 2.24) is 0 Å². The Labute approximate surface area is 793 Å². The number of unbranched alkanes of at least 4 members (excludes halogenated alkanes) is 8. The van der Waals surface area contributed by atoms with Crippen LogP contribution in [0.5, 0.6) is 46.0 Å². The van der Waals surface area contributed by atoms with E-state index in [4.69, 9.17) is 18.9 Å². The van der Waals surface area contributed by atoms with Crippen LogP contribution in [0.15, 0.2) is 170 Å². The smallest absolute Gasteiger partial charge is 0.335 e. The fraction of sp³-hybridized carbons (Fsp3) is 0.536. The van der Waals surface area contributed by atoms with Crippen LogP contribution in [-0.4, -0.2) is 123 Å². The molecule has 0 spiro atoms. The van der Waals surface area contributed by atoms with Crippen molar-refractivity contribution in [1.29, 1.82) is 0 Å². The molecule has 4 aliphatic rings. The van der Waals surface area contributed by atoms with Crippen molar-refractivity contribution in [3.8, 4) is 46.0 Å². The zero-order valence-corrected chi connectivity index (χ0v) is 82.1. The van der Waals surface area contributed by atoms with Crippen molar-refractivity contribution < 1.29 is 58.6 Å². The Balaban J connectivity index is 0.000000231. The molecule has 0 unspecified atom stereocenters. The molecule has 724 valence electrons. The molecule has 8 N–H and O–H groups in total. The molecule has 0 bridgehead atoms. The Morgan fingerprint density at radius 2 is 0.447 bits per heavy atom. The highest BCUT2D eigenvalue weighted by Gasteiger charge is 2.28. The molecule has 0 aromatic heterocycles. The summed E-state index contributed by atoms with van der Waals surface area (Å²) in [4.78, 5) is 56.7. The van der Waals surface area contributed by atoms with E-state index < -0.39 is 23.9 Å². The van der Waals surface area contributed by atoms with Gasteiger partial charge in [-0.2, -0.15) is 0 Å². The van der Waals surface area contributed by atoms with E-state index in [1.165, 1.54) is 128 Å². The molecule has 8 aromatic rings. The quantitative estimate of drug-likeness (QED) is 0.0177. The number of hydrogen-bond donors (Lipinski definition) is 8. The Bertz CT molecular complexity index is 4320. The van der Waals surface area contributed by atoms with E-state index in [-0.39, 0.29) is 11.1 Å². The molecule has 20 nitrogen and oxygen atoms in total. The fourth-order valence-corrected chi connectivity index (χ4v) is 16.9. The fourth-order valence-electron chi connectivity index (χ4n) is 16.9. The summed E-state index contributed by atoms with van der Waals surface area (Å²) >= 11 is 0. The maximum Gasteiger partial charge on any atom is 0.335 e. The second-order valence-electron chi connectivity index (χ2n) is 35.5. The Kier molecular flexibility index (Phi) is 52.6. The third-order valence-corrected chi connectivity index (χ3v) is 24.6. The predicted octanol–water partition coefficient (Wildman–Crippen LogP) is 31.1. The maximum absolute atomic E-state index is 12.0. The summed E-state index contributed by atoms with van der Waals surface area (Å²) in [5, 5.41) is 52.7. The van der Waals surface area contributed by atoms with Crippen molar-refractivity contribution in [2.24, 2.45) is 11.8 Å². The van der Waals surface area contributed by atoms with Crippen LogP contribution in [0, 0.1) is 11.8 Å². The Hall–Kier alpha value is -10.8. The highest BCUT2D eigenvalue weighted by atomic mass is 16.5. The molecule has 0 heterocycles. The SMILES string of the molecule is C1CCCC1.C1CCCCC1.CCCCN(CCCC)c1cc(C(=O)O)cc(NCC)c1Oc1ccccc1.CCCCN(CCCC)c1cc(C(=O)O)cc(NCC)c1Oc1ccccc1.CCCCN(CCCC)c1cc(C(=O)O)cc(NCC2CCCC2)c1Oc1ccccc1.CCCCN(CCCC)c1cc(C(=O)O)cc(NCC2CCCCC2)c1Oc1ccccc1. The van der Waals surface area contributed by atoms with Crippen LogP contribution in [0.25, 0.3) is 0 Å². The summed E-state index contributed by atoms with van der Waals surface area (Å²) in [6, 6.07) is 52.6. The van der Waals surface area contributed by atoms with Gasteiger partial charge in [0.2, 0.25) is 0 Å². The van der Waals surface area contributed by atoms with Crippen LogP contribution in [0.1, 0.15) is 342 Å². The second kappa shape index (κ2) is 64.2. The molecule has 4 fully saturated rings. The van der Waals surface area contributed by atoms with Gasteiger partial charge in [0.25, 0.3) is 0 Å². The monoisotopic (exact) mass is 1810 g/mol. The number of nitrogens with zero attached hydrogens (tertiary/aromatic N) is 4. The number of ether oxygens (including phenoxy) is 4.